The molecule has 4 rings (SSSR count). The van der Waals surface area contributed by atoms with Gasteiger partial charge in [0.15, 0.2) is 0 Å². The van der Waals surface area contributed by atoms with Crippen LogP contribution in [0.2, 0.25) is 0 Å². The minimum absolute atomic E-state index is 0.0892. The Morgan fingerprint density at radius 1 is 1.17 bits per heavy atom. The molecule has 1 unspecified atom stereocenters. The van der Waals surface area contributed by atoms with Crippen LogP contribution in [0.25, 0.3) is 10.9 Å². The van der Waals surface area contributed by atoms with Crippen LogP contribution in [0.15, 0.2) is 47.4 Å². The van der Waals surface area contributed by atoms with Gasteiger partial charge in [0, 0.05) is 30.0 Å². The first-order valence-electron chi connectivity index (χ1n) is 10.1. The number of hydrogen-bond acceptors (Lipinski definition) is 5. The van der Waals surface area contributed by atoms with E-state index in [1.54, 1.807) is 6.07 Å². The molecule has 2 aliphatic carbocycles. The summed E-state index contributed by atoms with van der Waals surface area (Å²) in [4.78, 5) is 31.4. The van der Waals surface area contributed by atoms with Gasteiger partial charge in [-0.15, -0.1) is 0 Å². The Bertz CT molecular complexity index is 1060. The van der Waals surface area contributed by atoms with Crippen LogP contribution >= 0.6 is 0 Å². The van der Waals surface area contributed by atoms with Crippen molar-refractivity contribution in [3.63, 3.8) is 0 Å². The molecule has 1 heterocycles. The predicted octanol–water partition coefficient (Wildman–Crippen LogP) is 3.09. The Kier molecular flexibility index (Phi) is 5.74. The van der Waals surface area contributed by atoms with Crippen molar-refractivity contribution in [2.45, 2.75) is 51.0 Å². The molecule has 156 valence electrons. The number of nitrogens with one attached hydrogen (secondary N) is 2. The van der Waals surface area contributed by atoms with E-state index in [-0.39, 0.29) is 30.6 Å². The van der Waals surface area contributed by atoms with Gasteiger partial charge in [0.25, 0.3) is 0 Å². The lowest BCUT2D eigenvalue weighted by Gasteiger charge is -2.16. The Labute approximate surface area is 173 Å². The number of nitrogens with two attached hydrogens (primary N) is 1. The van der Waals surface area contributed by atoms with E-state index in [2.05, 4.69) is 26.7 Å². The van der Waals surface area contributed by atoms with Gasteiger partial charge in [-0.2, -0.15) is 0 Å². The molecule has 0 bridgehead atoms. The lowest BCUT2D eigenvalue weighted by atomic mass is 9.98. The highest BCUT2D eigenvalue weighted by molar-refractivity contribution is 5.89. The zero-order chi connectivity index (χ0) is 21.1. The van der Waals surface area contributed by atoms with Crippen LogP contribution in [0.5, 0.6) is 0 Å². The number of primary amides is 1. The van der Waals surface area contributed by atoms with Gasteiger partial charge in [-0.3, -0.25) is 9.59 Å². The van der Waals surface area contributed by atoms with Crippen LogP contribution in [0, 0.1) is 5.82 Å². The Morgan fingerprint density at radius 2 is 2.03 bits per heavy atom. The number of carbonyl (C=O) groups is 2. The average Bonchev–Trinajstić information content (AvgIpc) is 3.09. The molecule has 7 nitrogen and oxygen atoms in total. The zero-order valence-corrected chi connectivity index (χ0v) is 16.6. The van der Waals surface area contributed by atoms with Gasteiger partial charge >= 0.3 is 0 Å². The number of nitrogens with zero attached hydrogens (tertiary/aromatic N) is 2. The van der Waals surface area contributed by atoms with Crippen molar-refractivity contribution in [3.05, 3.63) is 53.3 Å². The van der Waals surface area contributed by atoms with Crippen molar-refractivity contribution < 1.29 is 14.0 Å². The number of aromatic nitrogens is 2. The summed E-state index contributed by atoms with van der Waals surface area (Å²) in [6, 6.07) is 4.66. The zero-order valence-electron chi connectivity index (χ0n) is 16.6. The van der Waals surface area contributed by atoms with E-state index in [1.807, 2.05) is 0 Å². The smallest absolute Gasteiger partial charge is 0.224 e. The van der Waals surface area contributed by atoms with Crippen molar-refractivity contribution >= 4 is 28.5 Å². The first kappa shape index (κ1) is 20.0. The molecule has 30 heavy (non-hydrogen) atoms. The number of amides is 2. The molecule has 0 aliphatic heterocycles. The van der Waals surface area contributed by atoms with Crippen LogP contribution < -0.4 is 16.4 Å². The van der Waals surface area contributed by atoms with Crippen molar-refractivity contribution in [2.24, 2.45) is 5.73 Å². The fourth-order valence-electron chi connectivity index (χ4n) is 4.10. The third kappa shape index (κ3) is 4.64. The lowest BCUT2D eigenvalue weighted by molar-refractivity contribution is -0.121. The summed E-state index contributed by atoms with van der Waals surface area (Å²) in [5.74, 6) is -0.161. The molecular formula is C22H24FN5O2. The van der Waals surface area contributed by atoms with E-state index in [0.717, 1.165) is 31.4 Å². The SMILES string of the molecule is NC(=O)CCCC(=O)NC1=CC2=C(CC1)CC(Nc1ncnc3ccc(F)cc13)C2. The normalized spacial score (nSPS) is 18.2. The summed E-state index contributed by atoms with van der Waals surface area (Å²) >= 11 is 0. The summed E-state index contributed by atoms with van der Waals surface area (Å²) in [5, 5.41) is 7.06. The monoisotopic (exact) mass is 409 g/mol. The molecule has 1 atom stereocenters. The van der Waals surface area contributed by atoms with Gasteiger partial charge in [-0.25, -0.2) is 14.4 Å². The lowest BCUT2D eigenvalue weighted by Crippen LogP contribution is -2.24. The molecule has 2 aliphatic rings. The van der Waals surface area contributed by atoms with Crippen molar-refractivity contribution in [1.29, 1.82) is 0 Å². The third-order valence-electron chi connectivity index (χ3n) is 5.52. The topological polar surface area (TPSA) is 110 Å². The second-order valence-electron chi connectivity index (χ2n) is 7.80. The number of hydrogen-bond donors (Lipinski definition) is 3. The molecule has 0 spiro atoms. The molecule has 8 heteroatoms. The van der Waals surface area contributed by atoms with Crippen LogP contribution in [0.4, 0.5) is 10.2 Å². The molecular weight excluding hydrogens is 385 g/mol. The van der Waals surface area contributed by atoms with Crippen LogP contribution in [0.3, 0.4) is 0 Å². The van der Waals surface area contributed by atoms with E-state index >= 15 is 0 Å². The molecule has 0 fully saturated rings. The third-order valence-corrected chi connectivity index (χ3v) is 5.52. The number of halogens is 1. The number of rotatable bonds is 7. The highest BCUT2D eigenvalue weighted by Crippen LogP contribution is 2.37. The number of fused-ring (bicyclic) bond motifs is 1. The van der Waals surface area contributed by atoms with Gasteiger partial charge in [0.05, 0.1) is 5.52 Å². The maximum atomic E-state index is 13.7. The van der Waals surface area contributed by atoms with Crippen LogP contribution in [0.1, 0.15) is 44.9 Å². The predicted molar refractivity (Wildman–Crippen MR) is 112 cm³/mol. The van der Waals surface area contributed by atoms with Crippen molar-refractivity contribution in [3.8, 4) is 0 Å². The van der Waals surface area contributed by atoms with E-state index < -0.39 is 5.91 Å². The summed E-state index contributed by atoms with van der Waals surface area (Å²) in [6.45, 7) is 0. The quantitative estimate of drug-likeness (QED) is 0.651. The fraction of sp³-hybridized carbons (Fsp3) is 0.364. The number of allylic oxidation sites excluding steroid dienone is 2. The molecule has 4 N–H and O–H groups in total. The van der Waals surface area contributed by atoms with E-state index in [1.165, 1.54) is 29.6 Å². The minimum Gasteiger partial charge on any atom is -0.370 e. The molecule has 2 amide bonds. The maximum absolute atomic E-state index is 13.7. The maximum Gasteiger partial charge on any atom is 0.224 e. The van der Waals surface area contributed by atoms with Gasteiger partial charge in [0.1, 0.15) is 18.0 Å². The highest BCUT2D eigenvalue weighted by Gasteiger charge is 2.26. The van der Waals surface area contributed by atoms with Gasteiger partial charge in [0.2, 0.25) is 11.8 Å². The fourth-order valence-corrected chi connectivity index (χ4v) is 4.10. The standard InChI is InChI=1S/C22H24FN5O2/c23-15-5-7-19-18(11-15)22(26-12-25-19)28-17-8-13-4-6-16(9-14(13)10-17)27-21(30)3-1-2-20(24)29/h5,7,9,11-12,17H,1-4,6,8,10H2,(H2,24,29)(H,27,30)(H,25,26,28). The number of carbonyl (C=O) groups excluding carboxylic acids is 2. The molecule has 0 saturated carbocycles. The number of anilines is 1. The van der Waals surface area contributed by atoms with Crippen molar-refractivity contribution in [1.82, 2.24) is 15.3 Å². The molecule has 2 aromatic rings. The summed E-state index contributed by atoms with van der Waals surface area (Å²) < 4.78 is 13.7. The molecule has 0 radical (unpaired) electrons. The molecule has 1 aromatic carbocycles. The van der Waals surface area contributed by atoms with E-state index in [4.69, 9.17) is 5.73 Å². The second kappa shape index (κ2) is 8.61. The summed E-state index contributed by atoms with van der Waals surface area (Å²) in [7, 11) is 0. The van der Waals surface area contributed by atoms with Crippen molar-refractivity contribution in [2.75, 3.05) is 5.32 Å². The summed E-state index contributed by atoms with van der Waals surface area (Å²) in [6.07, 6.45) is 7.91. The number of benzene rings is 1. The van der Waals surface area contributed by atoms with Gasteiger partial charge < -0.3 is 16.4 Å². The molecule has 0 saturated heterocycles. The molecule has 1 aromatic heterocycles. The summed E-state index contributed by atoms with van der Waals surface area (Å²) in [5.41, 5.74) is 9.33. The second-order valence-corrected chi connectivity index (χ2v) is 7.80. The van der Waals surface area contributed by atoms with E-state index in [0.29, 0.717) is 23.1 Å². The Hall–Kier alpha value is -3.29. The van der Waals surface area contributed by atoms with Gasteiger partial charge in [-0.1, -0.05) is 5.57 Å². The van der Waals surface area contributed by atoms with E-state index in [9.17, 15) is 14.0 Å². The first-order valence-corrected chi connectivity index (χ1v) is 10.1. The first-order chi connectivity index (χ1) is 14.5. The Morgan fingerprint density at radius 3 is 2.87 bits per heavy atom. The average molecular weight is 409 g/mol. The highest BCUT2D eigenvalue weighted by atomic mass is 19.1. The minimum atomic E-state index is -0.391. The largest absolute Gasteiger partial charge is 0.370 e. The van der Waals surface area contributed by atoms with Gasteiger partial charge in [-0.05, 0) is 62.0 Å². The Balaban J connectivity index is 1.38. The van der Waals surface area contributed by atoms with Crippen LogP contribution in [-0.2, 0) is 9.59 Å². The van der Waals surface area contributed by atoms with Crippen LogP contribution in [-0.4, -0.2) is 27.8 Å².